The fourth-order valence-electron chi connectivity index (χ4n) is 10.9. The van der Waals surface area contributed by atoms with Crippen molar-refractivity contribution >= 4 is 57.4 Å². The number of hydrogen-bond donors (Lipinski definition) is 2. The molecule has 0 aliphatic carbocycles. The molecule has 6 bridgehead atoms. The number of hydrogen-bond acceptors (Lipinski definition) is 10. The van der Waals surface area contributed by atoms with Crippen LogP contribution in [-0.2, 0) is 28.4 Å². The van der Waals surface area contributed by atoms with E-state index in [1.54, 1.807) is 12.1 Å². The summed E-state index contributed by atoms with van der Waals surface area (Å²) in [5, 5.41) is 22.4. The Morgan fingerprint density at radius 3 is 0.884 bits per heavy atom. The van der Waals surface area contributed by atoms with Gasteiger partial charge in [0.1, 0.15) is 0 Å². The van der Waals surface area contributed by atoms with Crippen LogP contribution in [0.1, 0.15) is 206 Å². The van der Waals surface area contributed by atoms with Crippen LogP contribution in [0.15, 0.2) is 167 Å². The summed E-state index contributed by atoms with van der Waals surface area (Å²) in [5.74, 6) is 0. The molecule has 86 heavy (non-hydrogen) atoms. The highest BCUT2D eigenvalue weighted by Crippen LogP contribution is 2.42. The Morgan fingerprint density at radius 1 is 0.349 bits per heavy atom. The molecule has 0 saturated carbocycles. The van der Waals surface area contributed by atoms with Gasteiger partial charge in [0, 0.05) is 66.6 Å². The highest BCUT2D eigenvalue weighted by atomic mass is 35.6. The Hall–Kier alpha value is -6.02. The molecule has 14 heteroatoms. The minimum atomic E-state index is -3.13. The first-order valence-electron chi connectivity index (χ1n) is 29.8. The highest BCUT2D eigenvalue weighted by Gasteiger charge is 2.39. The summed E-state index contributed by atoms with van der Waals surface area (Å²) in [6.07, 6.45) is 4.82. The van der Waals surface area contributed by atoms with Gasteiger partial charge in [-0.15, -0.1) is 0 Å². The number of nitrogens with zero attached hydrogens (tertiary/aromatic N) is 4. The number of halogens is 1. The lowest BCUT2D eigenvalue weighted by Gasteiger charge is -2.33. The topological polar surface area (TPSA) is 130 Å². The van der Waals surface area contributed by atoms with Crippen molar-refractivity contribution in [3.63, 3.8) is 0 Å². The second-order valence-electron chi connectivity index (χ2n) is 28.4. The van der Waals surface area contributed by atoms with Gasteiger partial charge in [0.25, 0.3) is 0 Å². The molecule has 6 heterocycles. The van der Waals surface area contributed by atoms with E-state index in [1.165, 1.54) is 0 Å². The zero-order valence-corrected chi connectivity index (χ0v) is 55.2. The van der Waals surface area contributed by atoms with Crippen molar-refractivity contribution in [2.75, 3.05) is 0 Å². The fourth-order valence-corrected chi connectivity index (χ4v) is 14.2. The molecule has 450 valence electrons. The van der Waals surface area contributed by atoms with Gasteiger partial charge in [-0.3, -0.25) is 0 Å². The quantitative estimate of drug-likeness (QED) is 0.0815. The van der Waals surface area contributed by atoms with Crippen LogP contribution in [0.3, 0.4) is 0 Å². The maximum atomic E-state index is 10.3. The predicted molar refractivity (Wildman–Crippen MR) is 347 cm³/mol. The lowest BCUT2D eigenvalue weighted by molar-refractivity contribution is -0.239. The number of allylic oxidation sites excluding steroid dienone is 4. The Labute approximate surface area is 517 Å². The molecule has 0 spiro atoms. The number of fused-ring (bicyclic) bond motifs is 2. The van der Waals surface area contributed by atoms with E-state index in [4.69, 9.17) is 48.5 Å². The molecule has 12 nitrogen and oxygen atoms in total. The van der Waals surface area contributed by atoms with Crippen LogP contribution in [0.2, 0.25) is 0 Å². The van der Waals surface area contributed by atoms with Crippen LogP contribution < -0.4 is 10.7 Å². The summed E-state index contributed by atoms with van der Waals surface area (Å²) in [4.78, 5) is 11.3. The highest BCUT2D eigenvalue weighted by molar-refractivity contribution is 7.05. The Bertz CT molecular complexity index is 3790. The van der Waals surface area contributed by atoms with Crippen LogP contribution >= 0.6 is 10.0 Å². The van der Waals surface area contributed by atoms with Gasteiger partial charge in [0.2, 0.25) is 0 Å². The van der Waals surface area contributed by atoms with Gasteiger partial charge in [0.15, 0.2) is 25.2 Å². The molecular weight excluding hydrogens is 1110 g/mol. The number of aromatic nitrogens is 2. The zero-order chi connectivity index (χ0) is 62.2. The van der Waals surface area contributed by atoms with Crippen LogP contribution in [0.5, 0.6) is 0 Å². The molecule has 6 aromatic rings. The summed E-state index contributed by atoms with van der Waals surface area (Å²) in [5.41, 5.74) is 11.8. The van der Waals surface area contributed by atoms with Gasteiger partial charge < -0.3 is 45.7 Å². The number of aliphatic hydroxyl groups is 2. The Morgan fingerprint density at radius 2 is 0.616 bits per heavy atom. The van der Waals surface area contributed by atoms with Crippen LogP contribution in [0.25, 0.3) is 22.3 Å². The standard InChI is InChI=1S/C72H84N4O8.Al.ClH/c1-67(2,3)79-64(80-68(4,5)6)48-29-21-44(22-30-48)60-53-37-35-51(73-53)59(43-19-27-47(28-20-43)63(77)78)52-36-38-54(74-52)61(45-23-31-49(32-24-45)65(81-69(7,8)9)82-70(10,11)12)56-40-42-58(76-56)62(57-41-39-55(60)75-57)46-25-33-50(34-26-46)66(83-71(13,14)15)84-72(16,17)18;;/h19-42,63-66,77-78H,1-18H3;;1H/q-2;+3;/p-1. The van der Waals surface area contributed by atoms with E-state index in [0.29, 0.717) is 5.56 Å². The minimum absolute atomic E-state index is 0.368. The van der Waals surface area contributed by atoms with Gasteiger partial charge in [0.05, 0.1) is 56.4 Å². The Balaban J connectivity index is 1.29. The zero-order valence-electron chi connectivity index (χ0n) is 53.3. The van der Waals surface area contributed by atoms with Crippen LogP contribution in [0, 0.1) is 0 Å². The van der Waals surface area contributed by atoms with E-state index in [1.807, 2.05) is 137 Å². The second-order valence-corrected chi connectivity index (χ2v) is 31.3. The summed E-state index contributed by atoms with van der Waals surface area (Å²) in [6, 6.07) is 41.3. The molecule has 2 aromatic heterocycles. The van der Waals surface area contributed by atoms with E-state index in [2.05, 4.69) is 128 Å². The van der Waals surface area contributed by atoms with Crippen molar-refractivity contribution in [1.82, 2.24) is 7.10 Å². The van der Waals surface area contributed by atoms with Crippen molar-refractivity contribution in [2.45, 2.75) is 183 Å². The number of rotatable bonds is 14. The number of aliphatic imine (C=N–C) groups is 2. The van der Waals surface area contributed by atoms with E-state index in [9.17, 15) is 10.2 Å². The minimum Gasteiger partial charge on any atom is -0.401 e. The summed E-state index contributed by atoms with van der Waals surface area (Å²) >= 11 is -3.13. The summed E-state index contributed by atoms with van der Waals surface area (Å²) < 4.78 is 44.3. The van der Waals surface area contributed by atoms with Crippen LogP contribution in [-0.4, -0.2) is 76.0 Å². The van der Waals surface area contributed by atoms with Crippen molar-refractivity contribution < 1.29 is 38.6 Å². The molecule has 0 saturated heterocycles. The van der Waals surface area contributed by atoms with Crippen LogP contribution in [0.4, 0.5) is 0 Å². The van der Waals surface area contributed by atoms with E-state index < -0.39 is 72.4 Å². The van der Waals surface area contributed by atoms with Gasteiger partial charge in [-0.1, -0.05) is 97.1 Å². The smallest absolute Gasteiger partial charge is 0.401 e. The van der Waals surface area contributed by atoms with E-state index in [-0.39, 0.29) is 0 Å². The molecule has 4 aliphatic heterocycles. The third-order valence-corrected chi connectivity index (χ3v) is 17.4. The molecule has 0 amide bonds. The molecule has 0 radical (unpaired) electrons. The number of aliphatic hydroxyl groups excluding tert-OH is 1. The van der Waals surface area contributed by atoms with Gasteiger partial charge in [-0.2, -0.15) is 10.0 Å². The number of ether oxygens (including phenoxy) is 6. The molecule has 0 fully saturated rings. The van der Waals surface area contributed by atoms with Crippen molar-refractivity contribution in [3.8, 4) is 0 Å². The molecule has 0 atom stereocenters. The molecule has 4 aromatic carbocycles. The van der Waals surface area contributed by atoms with E-state index >= 15 is 0 Å². The third kappa shape index (κ3) is 14.3. The molecule has 10 rings (SSSR count). The Kier molecular flexibility index (Phi) is 17.2. The average molecular weight is 1200 g/mol. The van der Waals surface area contributed by atoms with Crippen molar-refractivity contribution in [1.29, 1.82) is 0 Å². The monoisotopic (exact) mass is 1190 g/mol. The molecule has 4 aliphatic rings. The third-order valence-electron chi connectivity index (χ3n) is 14.3. The van der Waals surface area contributed by atoms with Gasteiger partial charge in [-0.05, 0) is 195 Å². The average Bonchev–Trinajstić information content (AvgIpc) is 1.57. The maximum absolute atomic E-state index is 10.3. The SMILES string of the molecule is CC(C)(C)OC(OC(C)(C)C)c1ccc(C2=C3C=CC(=N3)C(c3ccc(C(O)O)cc3)=c3ccc4[n]3[Al]([Cl])[n]3c2ccc3C(c2ccc(C(OC(C)(C)C)OC(C)(C)C)cc2)=C2C=CC(=N2)C=4c2ccc(C(OC(C)(C)C)OC(C)(C)C)cc2)cc1. The summed E-state index contributed by atoms with van der Waals surface area (Å²) in [6.45, 7) is 36.7. The second kappa shape index (κ2) is 23.5. The maximum Gasteiger partial charge on any atom is 0.717 e. The molecular formula is C72H84AlClN4O8. The van der Waals surface area contributed by atoms with E-state index in [0.717, 1.165) is 106 Å². The predicted octanol–water partition coefficient (Wildman–Crippen LogP) is 14.7. The van der Waals surface area contributed by atoms with Crippen molar-refractivity contribution in [2.24, 2.45) is 9.98 Å². The van der Waals surface area contributed by atoms with Crippen molar-refractivity contribution in [3.05, 3.63) is 224 Å². The first kappa shape index (κ1) is 63.0. The summed E-state index contributed by atoms with van der Waals surface area (Å²) in [7, 11) is 8.70. The van der Waals surface area contributed by atoms with Gasteiger partial charge >= 0.3 is 13.7 Å². The lowest BCUT2D eigenvalue weighted by atomic mass is 9.98. The normalized spacial score (nSPS) is 15.8. The fraction of sp³-hybridized carbons (Fsp3) is 0.389. The first-order chi connectivity index (χ1) is 40.1. The molecule has 0 unspecified atom stereocenters. The lowest BCUT2D eigenvalue weighted by Crippen LogP contribution is -2.46. The molecule has 2 N–H and O–H groups in total. The largest absolute Gasteiger partial charge is 0.717 e. The first-order valence-corrected chi connectivity index (χ1v) is 32.5. The van der Waals surface area contributed by atoms with Gasteiger partial charge in [-0.25, -0.2) is 9.98 Å². The number of benzene rings is 4.